The molecule has 0 radical (unpaired) electrons. The van der Waals surface area contributed by atoms with Crippen LogP contribution in [0, 0.1) is 5.82 Å². The van der Waals surface area contributed by atoms with Crippen LogP contribution in [0.4, 0.5) is 10.1 Å². The van der Waals surface area contributed by atoms with Crippen molar-refractivity contribution in [2.24, 2.45) is 0 Å². The fraction of sp³-hybridized carbons (Fsp3) is 0.222. The first-order valence-corrected chi connectivity index (χ1v) is 4.92. The molecule has 14 heavy (non-hydrogen) atoms. The van der Waals surface area contributed by atoms with Crippen LogP contribution in [0.15, 0.2) is 22.7 Å². The molecule has 3 nitrogen and oxygen atoms in total. The molecule has 0 heterocycles. The Morgan fingerprint density at radius 2 is 2.29 bits per heavy atom. The summed E-state index contributed by atoms with van der Waals surface area (Å²) in [5.74, 6) is -0.608. The number of carbonyl (C=O) groups excluding carboxylic acids is 1. The zero-order valence-electron chi connectivity index (χ0n) is 7.60. The Labute approximate surface area is 89.8 Å². The van der Waals surface area contributed by atoms with E-state index in [0.29, 0.717) is 10.9 Å². The average molecular weight is 261 g/mol. The summed E-state index contributed by atoms with van der Waals surface area (Å²) in [6.45, 7) is 1.72. The normalized spacial score (nSPS) is 9.64. The van der Waals surface area contributed by atoms with Crippen molar-refractivity contribution in [1.82, 2.24) is 5.43 Å². The maximum absolute atomic E-state index is 13.2. The molecule has 0 spiro atoms. The molecule has 0 aliphatic carbocycles. The lowest BCUT2D eigenvalue weighted by atomic mass is 10.3. The van der Waals surface area contributed by atoms with Gasteiger partial charge >= 0.3 is 0 Å². The van der Waals surface area contributed by atoms with E-state index in [1.807, 2.05) is 0 Å². The van der Waals surface area contributed by atoms with Crippen molar-refractivity contribution in [2.45, 2.75) is 13.3 Å². The van der Waals surface area contributed by atoms with Crippen LogP contribution >= 0.6 is 15.9 Å². The molecule has 1 rings (SSSR count). The number of hydrazine groups is 1. The van der Waals surface area contributed by atoms with Gasteiger partial charge in [-0.3, -0.25) is 15.6 Å². The SMILES string of the molecule is CCC(=O)NNc1ccc(Br)cc1F. The Balaban J connectivity index is 2.63. The molecule has 1 aromatic rings. The van der Waals surface area contributed by atoms with E-state index in [2.05, 4.69) is 26.8 Å². The summed E-state index contributed by atoms with van der Waals surface area (Å²) in [5, 5.41) is 0. The molecule has 1 amide bonds. The standard InChI is InChI=1S/C9H10BrFN2O/c1-2-9(14)13-12-8-4-3-6(10)5-7(8)11/h3-5,12H,2H2,1H3,(H,13,14). The molecular weight excluding hydrogens is 251 g/mol. The highest BCUT2D eigenvalue weighted by atomic mass is 79.9. The van der Waals surface area contributed by atoms with Crippen LogP contribution in [0.5, 0.6) is 0 Å². The maximum atomic E-state index is 13.2. The summed E-state index contributed by atoms with van der Waals surface area (Å²) in [6.07, 6.45) is 0.352. The Hall–Kier alpha value is -1.10. The molecule has 1 aromatic carbocycles. The van der Waals surface area contributed by atoms with Gasteiger partial charge in [-0.1, -0.05) is 22.9 Å². The van der Waals surface area contributed by atoms with Crippen LogP contribution in [0.2, 0.25) is 0 Å². The summed E-state index contributed by atoms with van der Waals surface area (Å²) in [4.78, 5) is 10.9. The molecule has 2 N–H and O–H groups in total. The number of halogens is 2. The van der Waals surface area contributed by atoms with Crippen molar-refractivity contribution in [1.29, 1.82) is 0 Å². The van der Waals surface area contributed by atoms with E-state index >= 15 is 0 Å². The number of amides is 1. The van der Waals surface area contributed by atoms with Gasteiger partial charge in [0.1, 0.15) is 5.82 Å². The number of anilines is 1. The quantitative estimate of drug-likeness (QED) is 0.820. The van der Waals surface area contributed by atoms with Crippen LogP contribution in [0.25, 0.3) is 0 Å². The van der Waals surface area contributed by atoms with Crippen LogP contribution in [0.1, 0.15) is 13.3 Å². The first-order chi connectivity index (χ1) is 6.63. The first kappa shape index (κ1) is 11.0. The van der Waals surface area contributed by atoms with Gasteiger partial charge in [-0.2, -0.15) is 0 Å². The number of hydrogen-bond acceptors (Lipinski definition) is 2. The molecule has 0 aromatic heterocycles. The Morgan fingerprint density at radius 1 is 1.57 bits per heavy atom. The molecule has 0 bridgehead atoms. The van der Waals surface area contributed by atoms with Gasteiger partial charge in [0.25, 0.3) is 0 Å². The number of hydrogen-bond donors (Lipinski definition) is 2. The lowest BCUT2D eigenvalue weighted by molar-refractivity contribution is -0.120. The third-order valence-electron chi connectivity index (χ3n) is 1.59. The lowest BCUT2D eigenvalue weighted by Crippen LogP contribution is -2.28. The molecule has 0 saturated heterocycles. The maximum Gasteiger partial charge on any atom is 0.238 e. The van der Waals surface area contributed by atoms with Gasteiger partial charge in [-0.15, -0.1) is 0 Å². The summed E-state index contributed by atoms with van der Waals surface area (Å²) in [5.41, 5.74) is 5.11. The number of rotatable bonds is 3. The molecule has 0 fully saturated rings. The van der Waals surface area contributed by atoms with Crippen LogP contribution in [-0.2, 0) is 4.79 Å². The third-order valence-corrected chi connectivity index (χ3v) is 2.08. The second-order valence-corrected chi connectivity index (χ2v) is 3.57. The summed E-state index contributed by atoms with van der Waals surface area (Å²) >= 11 is 3.13. The summed E-state index contributed by atoms with van der Waals surface area (Å²) in [6, 6.07) is 4.54. The smallest absolute Gasteiger partial charge is 0.238 e. The fourth-order valence-electron chi connectivity index (χ4n) is 0.816. The van der Waals surface area contributed by atoms with Gasteiger partial charge < -0.3 is 0 Å². The highest BCUT2D eigenvalue weighted by molar-refractivity contribution is 9.10. The van der Waals surface area contributed by atoms with Crippen molar-refractivity contribution >= 4 is 27.5 Å². The highest BCUT2D eigenvalue weighted by Crippen LogP contribution is 2.18. The van der Waals surface area contributed by atoms with Gasteiger partial charge in [-0.25, -0.2) is 4.39 Å². The van der Waals surface area contributed by atoms with E-state index in [1.54, 1.807) is 13.0 Å². The third kappa shape index (κ3) is 2.99. The molecule has 0 saturated carbocycles. The van der Waals surface area contributed by atoms with Gasteiger partial charge in [0.2, 0.25) is 5.91 Å². The predicted octanol–water partition coefficient (Wildman–Crippen LogP) is 2.44. The van der Waals surface area contributed by atoms with Gasteiger partial charge in [0, 0.05) is 10.9 Å². The minimum absolute atomic E-state index is 0.188. The van der Waals surface area contributed by atoms with Gasteiger partial charge in [-0.05, 0) is 18.2 Å². The van der Waals surface area contributed by atoms with Crippen LogP contribution < -0.4 is 10.9 Å². The van der Waals surface area contributed by atoms with Crippen molar-refractivity contribution in [3.05, 3.63) is 28.5 Å². The van der Waals surface area contributed by atoms with E-state index in [-0.39, 0.29) is 11.6 Å². The molecule has 0 aliphatic heterocycles. The summed E-state index contributed by atoms with van der Waals surface area (Å²) in [7, 11) is 0. The van der Waals surface area contributed by atoms with Crippen molar-refractivity contribution in [2.75, 3.05) is 5.43 Å². The van der Waals surface area contributed by atoms with Gasteiger partial charge in [0.05, 0.1) is 5.69 Å². The van der Waals surface area contributed by atoms with Crippen LogP contribution in [-0.4, -0.2) is 5.91 Å². The molecule has 0 unspecified atom stereocenters. The number of benzene rings is 1. The second kappa shape index (κ2) is 4.95. The zero-order valence-corrected chi connectivity index (χ0v) is 9.19. The monoisotopic (exact) mass is 260 g/mol. The second-order valence-electron chi connectivity index (χ2n) is 2.65. The average Bonchev–Trinajstić information content (AvgIpc) is 2.16. The molecule has 0 atom stereocenters. The molecule has 0 aliphatic rings. The number of nitrogens with one attached hydrogen (secondary N) is 2. The molecule has 76 valence electrons. The number of carbonyl (C=O) groups is 1. The zero-order chi connectivity index (χ0) is 10.6. The minimum atomic E-state index is -0.421. The predicted molar refractivity (Wildman–Crippen MR) is 56.2 cm³/mol. The van der Waals surface area contributed by atoms with E-state index in [9.17, 15) is 9.18 Å². The van der Waals surface area contributed by atoms with Crippen molar-refractivity contribution < 1.29 is 9.18 Å². The van der Waals surface area contributed by atoms with E-state index in [0.717, 1.165) is 0 Å². The Bertz CT molecular complexity index is 344. The van der Waals surface area contributed by atoms with Crippen molar-refractivity contribution in [3.63, 3.8) is 0 Å². The molecule has 5 heteroatoms. The van der Waals surface area contributed by atoms with Crippen molar-refractivity contribution in [3.8, 4) is 0 Å². The van der Waals surface area contributed by atoms with E-state index < -0.39 is 5.82 Å². The Kier molecular flexibility index (Phi) is 3.88. The largest absolute Gasteiger partial charge is 0.296 e. The Morgan fingerprint density at radius 3 is 2.86 bits per heavy atom. The van der Waals surface area contributed by atoms with Gasteiger partial charge in [0.15, 0.2) is 0 Å². The summed E-state index contributed by atoms with van der Waals surface area (Å²) < 4.78 is 13.8. The fourth-order valence-corrected chi connectivity index (χ4v) is 1.15. The first-order valence-electron chi connectivity index (χ1n) is 4.13. The topological polar surface area (TPSA) is 41.1 Å². The van der Waals surface area contributed by atoms with Crippen LogP contribution in [0.3, 0.4) is 0 Å². The van der Waals surface area contributed by atoms with E-state index in [1.165, 1.54) is 12.1 Å². The highest BCUT2D eigenvalue weighted by Gasteiger charge is 2.02. The lowest BCUT2D eigenvalue weighted by Gasteiger charge is -2.08. The van der Waals surface area contributed by atoms with E-state index in [4.69, 9.17) is 0 Å². The minimum Gasteiger partial charge on any atom is -0.296 e. The molecular formula is C9H10BrFN2O.